The summed E-state index contributed by atoms with van der Waals surface area (Å²) in [6.07, 6.45) is -2.58. The van der Waals surface area contributed by atoms with Crippen LogP contribution in [0.5, 0.6) is 5.88 Å². The predicted octanol–water partition coefficient (Wildman–Crippen LogP) is 4.06. The Balaban J connectivity index is 1.66. The molecule has 0 bridgehead atoms. The van der Waals surface area contributed by atoms with Crippen LogP contribution in [0.4, 0.5) is 24.5 Å². The summed E-state index contributed by atoms with van der Waals surface area (Å²) in [7, 11) is 0. The first-order chi connectivity index (χ1) is 15.5. The van der Waals surface area contributed by atoms with E-state index in [1.54, 1.807) is 26.0 Å². The standard InChI is InChI=1S/C22H19F3N4O3S/c1-21(2)19(30)28(14-4-3-13(10-26)17(9-14)22(23,24)25)20(33)29(21)15-5-6-18(27-11-15)32-16-7-8-31-12-16/h3-6,9,11,16H,7-8,12H2,1-2H3/t16-/m0/s1. The van der Waals surface area contributed by atoms with Crippen molar-refractivity contribution in [1.29, 1.82) is 5.26 Å². The number of nitrogens with zero attached hydrogens (tertiary/aromatic N) is 4. The summed E-state index contributed by atoms with van der Waals surface area (Å²) in [5, 5.41) is 9.04. The van der Waals surface area contributed by atoms with E-state index >= 15 is 0 Å². The average Bonchev–Trinajstić information content (AvgIpc) is 3.33. The maximum atomic E-state index is 13.4. The molecule has 0 aliphatic carbocycles. The van der Waals surface area contributed by atoms with Crippen molar-refractivity contribution in [1.82, 2.24) is 4.98 Å². The molecule has 2 saturated heterocycles. The average molecular weight is 476 g/mol. The highest BCUT2D eigenvalue weighted by Crippen LogP contribution is 2.39. The third-order valence-corrected chi connectivity index (χ3v) is 5.87. The van der Waals surface area contributed by atoms with E-state index in [2.05, 4.69) is 4.98 Å². The van der Waals surface area contributed by atoms with Gasteiger partial charge in [-0.05, 0) is 50.3 Å². The Hall–Kier alpha value is -3.23. The second kappa shape index (κ2) is 8.28. The van der Waals surface area contributed by atoms with E-state index in [1.165, 1.54) is 23.2 Å². The summed E-state index contributed by atoms with van der Waals surface area (Å²) in [4.78, 5) is 20.1. The first-order valence-corrected chi connectivity index (χ1v) is 10.5. The van der Waals surface area contributed by atoms with Crippen LogP contribution in [0.2, 0.25) is 0 Å². The molecule has 0 unspecified atom stereocenters. The molecule has 2 aliphatic heterocycles. The van der Waals surface area contributed by atoms with Crippen LogP contribution in [0.1, 0.15) is 31.4 Å². The van der Waals surface area contributed by atoms with Crippen LogP contribution in [0.25, 0.3) is 0 Å². The smallest absolute Gasteiger partial charge is 0.417 e. The summed E-state index contributed by atoms with van der Waals surface area (Å²) in [6.45, 7) is 4.36. The molecular formula is C22H19F3N4O3S. The van der Waals surface area contributed by atoms with Crippen molar-refractivity contribution in [2.75, 3.05) is 23.0 Å². The van der Waals surface area contributed by atoms with Crippen LogP contribution in [-0.2, 0) is 15.7 Å². The van der Waals surface area contributed by atoms with Crippen molar-refractivity contribution >= 4 is 34.6 Å². The Labute approximate surface area is 193 Å². The molecule has 0 radical (unpaired) electrons. The molecule has 172 valence electrons. The lowest BCUT2D eigenvalue weighted by Gasteiger charge is -2.29. The molecule has 11 heteroatoms. The van der Waals surface area contributed by atoms with Gasteiger partial charge in [-0.3, -0.25) is 9.69 Å². The second-order valence-electron chi connectivity index (χ2n) is 8.12. The van der Waals surface area contributed by atoms with Crippen LogP contribution < -0.4 is 14.5 Å². The fourth-order valence-corrected chi connectivity index (χ4v) is 4.33. The monoisotopic (exact) mass is 476 g/mol. The number of benzene rings is 1. The lowest BCUT2D eigenvalue weighted by atomic mass is 10.0. The molecule has 2 aliphatic rings. The first-order valence-electron chi connectivity index (χ1n) is 10.0. The van der Waals surface area contributed by atoms with Gasteiger partial charge in [0.05, 0.1) is 48.0 Å². The summed E-state index contributed by atoms with van der Waals surface area (Å²) in [5.41, 5.74) is -2.44. The van der Waals surface area contributed by atoms with E-state index in [0.29, 0.717) is 24.8 Å². The number of aromatic nitrogens is 1. The fraction of sp³-hybridized carbons (Fsp3) is 0.364. The fourth-order valence-electron chi connectivity index (χ4n) is 3.81. The number of nitriles is 1. The quantitative estimate of drug-likeness (QED) is 0.616. The van der Waals surface area contributed by atoms with E-state index < -0.39 is 28.7 Å². The van der Waals surface area contributed by atoms with Crippen LogP contribution in [0.3, 0.4) is 0 Å². The van der Waals surface area contributed by atoms with Crippen molar-refractivity contribution in [3.63, 3.8) is 0 Å². The minimum Gasteiger partial charge on any atom is -0.472 e. The third kappa shape index (κ3) is 4.12. The van der Waals surface area contributed by atoms with Crippen molar-refractivity contribution in [2.24, 2.45) is 0 Å². The molecule has 4 rings (SSSR count). The maximum Gasteiger partial charge on any atom is 0.417 e. The van der Waals surface area contributed by atoms with Gasteiger partial charge in [0, 0.05) is 12.5 Å². The molecule has 1 aromatic carbocycles. The van der Waals surface area contributed by atoms with Crippen LogP contribution >= 0.6 is 12.2 Å². The number of rotatable bonds is 4. The van der Waals surface area contributed by atoms with Gasteiger partial charge in [-0.15, -0.1) is 0 Å². The maximum absolute atomic E-state index is 13.4. The van der Waals surface area contributed by atoms with Crippen LogP contribution in [0.15, 0.2) is 36.5 Å². The number of hydrogen-bond acceptors (Lipinski definition) is 6. The highest BCUT2D eigenvalue weighted by Gasteiger charge is 2.50. The third-order valence-electron chi connectivity index (χ3n) is 5.51. The Morgan fingerprint density at radius 1 is 1.27 bits per heavy atom. The minimum absolute atomic E-state index is 0.00231. The topological polar surface area (TPSA) is 78.7 Å². The summed E-state index contributed by atoms with van der Waals surface area (Å²) >= 11 is 5.51. The number of hydrogen-bond donors (Lipinski definition) is 0. The minimum atomic E-state index is -4.76. The molecule has 1 aromatic heterocycles. The molecule has 3 heterocycles. The Kier molecular flexibility index (Phi) is 5.76. The number of carbonyl (C=O) groups excluding carboxylic acids is 1. The molecule has 2 aromatic rings. The summed E-state index contributed by atoms with van der Waals surface area (Å²) < 4.78 is 51.4. The second-order valence-corrected chi connectivity index (χ2v) is 8.48. The number of ether oxygens (including phenoxy) is 2. The Morgan fingerprint density at radius 2 is 2.00 bits per heavy atom. The van der Waals surface area contributed by atoms with Gasteiger partial charge in [-0.25, -0.2) is 4.98 Å². The molecule has 0 saturated carbocycles. The van der Waals surface area contributed by atoms with E-state index in [0.717, 1.165) is 23.5 Å². The molecule has 0 N–H and O–H groups in total. The number of amides is 1. The van der Waals surface area contributed by atoms with Gasteiger partial charge >= 0.3 is 6.18 Å². The van der Waals surface area contributed by atoms with Gasteiger partial charge in [0.15, 0.2) is 5.11 Å². The van der Waals surface area contributed by atoms with Crippen LogP contribution in [0, 0.1) is 11.3 Å². The zero-order chi connectivity index (χ0) is 24.0. The number of anilines is 2. The van der Waals surface area contributed by atoms with Gasteiger partial charge < -0.3 is 14.4 Å². The first kappa shape index (κ1) is 22.9. The van der Waals surface area contributed by atoms with Crippen molar-refractivity contribution in [3.05, 3.63) is 47.7 Å². The zero-order valence-corrected chi connectivity index (χ0v) is 18.5. The normalized spacial score (nSPS) is 20.3. The lowest BCUT2D eigenvalue weighted by Crippen LogP contribution is -2.44. The van der Waals surface area contributed by atoms with Crippen LogP contribution in [-0.4, -0.2) is 40.9 Å². The summed E-state index contributed by atoms with van der Waals surface area (Å²) in [5.74, 6) is -0.115. The zero-order valence-electron chi connectivity index (χ0n) is 17.7. The largest absolute Gasteiger partial charge is 0.472 e. The highest BCUT2D eigenvalue weighted by atomic mass is 32.1. The molecule has 2 fully saturated rings. The SMILES string of the molecule is CC1(C)C(=O)N(c2ccc(C#N)c(C(F)(F)F)c2)C(=S)N1c1ccc(O[C@H]2CCOC2)nc1. The van der Waals surface area contributed by atoms with Gasteiger partial charge in [0.2, 0.25) is 5.88 Å². The number of alkyl halides is 3. The van der Waals surface area contributed by atoms with E-state index in [4.69, 9.17) is 27.0 Å². The van der Waals surface area contributed by atoms with Gasteiger partial charge in [-0.2, -0.15) is 18.4 Å². The Bertz CT molecular complexity index is 1140. The van der Waals surface area contributed by atoms with E-state index in [-0.39, 0.29) is 16.9 Å². The lowest BCUT2D eigenvalue weighted by molar-refractivity contribution is -0.137. The molecule has 1 amide bonds. The molecule has 0 spiro atoms. The predicted molar refractivity (Wildman–Crippen MR) is 117 cm³/mol. The van der Waals surface area contributed by atoms with E-state index in [9.17, 15) is 18.0 Å². The molecular weight excluding hydrogens is 457 g/mol. The van der Waals surface area contributed by atoms with Crippen molar-refractivity contribution < 1.29 is 27.4 Å². The highest BCUT2D eigenvalue weighted by molar-refractivity contribution is 7.81. The van der Waals surface area contributed by atoms with E-state index in [1.807, 2.05) is 0 Å². The number of pyridine rings is 1. The van der Waals surface area contributed by atoms with Crippen molar-refractivity contribution in [3.8, 4) is 11.9 Å². The molecule has 1 atom stereocenters. The van der Waals surface area contributed by atoms with Gasteiger partial charge in [-0.1, -0.05) is 0 Å². The Morgan fingerprint density at radius 3 is 2.58 bits per heavy atom. The number of thiocarbonyl (C=S) groups is 1. The number of carbonyl (C=O) groups is 1. The number of halogens is 3. The van der Waals surface area contributed by atoms with Gasteiger partial charge in [0.1, 0.15) is 11.6 Å². The summed E-state index contributed by atoms with van der Waals surface area (Å²) in [6, 6.07) is 7.93. The molecule has 7 nitrogen and oxygen atoms in total. The molecule has 33 heavy (non-hydrogen) atoms. The van der Waals surface area contributed by atoms with Gasteiger partial charge in [0.25, 0.3) is 5.91 Å². The van der Waals surface area contributed by atoms with Crippen molar-refractivity contribution in [2.45, 2.75) is 38.1 Å².